The van der Waals surface area contributed by atoms with E-state index in [1.165, 1.54) is 128 Å². The summed E-state index contributed by atoms with van der Waals surface area (Å²) in [7, 11) is 1.24. The zero-order chi connectivity index (χ0) is 52.7. The number of carbonyl (C=O) groups excluding carboxylic acids is 1. The molecule has 0 aromatic heterocycles. The Hall–Kier alpha value is -2.84. The van der Waals surface area contributed by atoms with Crippen LogP contribution < -0.4 is 10.2 Å². The van der Waals surface area contributed by atoms with E-state index >= 15 is 0 Å². The summed E-state index contributed by atoms with van der Waals surface area (Å²) in [6.07, 6.45) is 77.6. The molecule has 0 aliphatic carbocycles. The van der Waals surface area contributed by atoms with E-state index in [9.17, 15) is 19.4 Å². The molecule has 0 rings (SSSR count). The second kappa shape index (κ2) is 53.0. The molecule has 0 bridgehead atoms. The fraction of sp³-hybridized carbons (Fsp3) is 0.698. The third-order valence-corrected chi connectivity index (χ3v) is 13.4. The Morgan fingerprint density at radius 2 is 0.861 bits per heavy atom. The molecular weight excluding hydrogens is 912 g/mol. The smallest absolute Gasteiger partial charge is 0.268 e. The molecule has 1 amide bonds. The van der Waals surface area contributed by atoms with Gasteiger partial charge >= 0.3 is 0 Å². The summed E-state index contributed by atoms with van der Waals surface area (Å²) in [6.45, 7) is 4.48. The molecule has 0 spiro atoms. The Morgan fingerprint density at radius 3 is 1.29 bits per heavy atom. The van der Waals surface area contributed by atoms with E-state index in [0.29, 0.717) is 17.4 Å². The van der Waals surface area contributed by atoms with Crippen LogP contribution in [0.15, 0.2) is 109 Å². The predicted molar refractivity (Wildman–Crippen MR) is 311 cm³/mol. The van der Waals surface area contributed by atoms with Crippen LogP contribution in [0.4, 0.5) is 0 Å². The van der Waals surface area contributed by atoms with Crippen molar-refractivity contribution in [2.75, 3.05) is 40.9 Å². The number of hydrogen-bond acceptors (Lipinski definition) is 6. The molecule has 0 aromatic rings. The molecule has 9 heteroatoms. The first-order valence-corrected chi connectivity index (χ1v) is 30.7. The molecule has 72 heavy (non-hydrogen) atoms. The van der Waals surface area contributed by atoms with Crippen LogP contribution in [0.1, 0.15) is 232 Å². The molecule has 2 N–H and O–H groups in total. The molecule has 0 saturated heterocycles. The fourth-order valence-corrected chi connectivity index (χ4v) is 8.64. The van der Waals surface area contributed by atoms with Gasteiger partial charge in [-0.15, -0.1) is 0 Å². The topological polar surface area (TPSA) is 108 Å². The number of phosphoric acid groups is 1. The fourth-order valence-electron chi connectivity index (χ4n) is 7.91. The van der Waals surface area contributed by atoms with Crippen LogP contribution in [0.5, 0.6) is 0 Å². The average Bonchev–Trinajstić information content (AvgIpc) is 3.34. The number of hydrogen-bond donors (Lipinski definition) is 2. The number of phosphoric ester groups is 1. The highest BCUT2D eigenvalue weighted by atomic mass is 31.2. The number of nitrogens with zero attached hydrogens (tertiary/aromatic N) is 1. The monoisotopic (exact) mass is 1020 g/mol. The SMILES string of the molecule is CC/C=C\C/C=C\C/C=C\C/C=C\C/C=C\C/C=C\C/C=C\CCCCCCCCCCCCCCCCCCCC(=O)NC(COP(=O)([O-])OCC[N+](C)(C)C)C(O)/C=C/CC/C=C/CCCCCCC. The minimum Gasteiger partial charge on any atom is -0.756 e. The summed E-state index contributed by atoms with van der Waals surface area (Å²) in [5, 5.41) is 13.8. The quantitative estimate of drug-likeness (QED) is 0.0272. The van der Waals surface area contributed by atoms with Crippen LogP contribution in [-0.4, -0.2) is 68.5 Å². The number of quaternary nitrogens is 1. The van der Waals surface area contributed by atoms with Crippen LogP contribution >= 0.6 is 7.82 Å². The summed E-state index contributed by atoms with van der Waals surface area (Å²) in [5.41, 5.74) is 0. The van der Waals surface area contributed by atoms with Crippen molar-refractivity contribution in [2.24, 2.45) is 0 Å². The molecular formula is C63H111N2O6P. The van der Waals surface area contributed by atoms with E-state index in [1.54, 1.807) is 6.08 Å². The Bertz CT molecular complexity index is 1540. The molecule has 0 heterocycles. The lowest BCUT2D eigenvalue weighted by atomic mass is 10.0. The van der Waals surface area contributed by atoms with E-state index in [-0.39, 0.29) is 12.5 Å². The normalized spacial score (nSPS) is 14.7. The first-order valence-electron chi connectivity index (χ1n) is 29.2. The van der Waals surface area contributed by atoms with E-state index in [4.69, 9.17) is 9.05 Å². The summed E-state index contributed by atoms with van der Waals surface area (Å²) in [5.74, 6) is -0.211. The molecule has 0 fully saturated rings. The van der Waals surface area contributed by atoms with Gasteiger partial charge in [-0.05, 0) is 89.9 Å². The number of nitrogens with one attached hydrogen (secondary N) is 1. The van der Waals surface area contributed by atoms with Crippen LogP contribution in [-0.2, 0) is 18.4 Å². The highest BCUT2D eigenvalue weighted by molar-refractivity contribution is 7.45. The van der Waals surface area contributed by atoms with E-state index < -0.39 is 26.6 Å². The van der Waals surface area contributed by atoms with Crippen molar-refractivity contribution in [3.63, 3.8) is 0 Å². The van der Waals surface area contributed by atoms with Crippen molar-refractivity contribution in [1.29, 1.82) is 0 Å². The van der Waals surface area contributed by atoms with E-state index in [1.807, 2.05) is 27.2 Å². The number of unbranched alkanes of at least 4 members (excludes halogenated alkanes) is 23. The van der Waals surface area contributed by atoms with Crippen molar-refractivity contribution in [3.05, 3.63) is 109 Å². The third-order valence-electron chi connectivity index (χ3n) is 12.5. The zero-order valence-electron chi connectivity index (χ0n) is 47.1. The van der Waals surface area contributed by atoms with Crippen molar-refractivity contribution in [1.82, 2.24) is 5.32 Å². The van der Waals surface area contributed by atoms with Gasteiger partial charge in [0.2, 0.25) is 5.91 Å². The van der Waals surface area contributed by atoms with Gasteiger partial charge in [0, 0.05) is 6.42 Å². The standard InChI is InChI=1S/C63H111N2O6P/c1-6-8-10-12-14-16-18-19-20-21-22-23-24-25-26-27-28-29-30-31-32-33-34-35-36-37-38-39-40-41-42-43-44-45-47-49-51-53-55-57-63(67)64-61(60-71-72(68,69)70-59-58-65(3,4)5)62(66)56-54-52-50-48-46-17-15-13-11-9-7-2/h8,10,14,16,19-20,22-23,25-26,28-29,31-32,46,48,54,56,61-62,66H,6-7,9,11-13,15,17-18,21,24,27,30,33-45,47,49-53,55,57-60H2,1-5H3,(H-,64,67,68,69)/b10-8-,16-14-,20-19-,23-22-,26-25-,29-28-,32-31-,48-46+,56-54+. The van der Waals surface area contributed by atoms with Gasteiger partial charge in [-0.1, -0.05) is 245 Å². The first-order chi connectivity index (χ1) is 35.0. The number of aliphatic hydroxyl groups excluding tert-OH is 1. The predicted octanol–water partition coefficient (Wildman–Crippen LogP) is 17.3. The van der Waals surface area contributed by atoms with Crippen molar-refractivity contribution in [2.45, 2.75) is 244 Å². The molecule has 8 nitrogen and oxygen atoms in total. The van der Waals surface area contributed by atoms with Crippen LogP contribution in [0.25, 0.3) is 0 Å². The van der Waals surface area contributed by atoms with Crippen molar-refractivity contribution >= 4 is 13.7 Å². The molecule has 414 valence electrons. The molecule has 3 unspecified atom stereocenters. The lowest BCUT2D eigenvalue weighted by Crippen LogP contribution is -2.45. The minimum atomic E-state index is -4.60. The van der Waals surface area contributed by atoms with Crippen LogP contribution in [0, 0.1) is 0 Å². The largest absolute Gasteiger partial charge is 0.756 e. The van der Waals surface area contributed by atoms with Gasteiger partial charge in [0.05, 0.1) is 39.9 Å². The van der Waals surface area contributed by atoms with Crippen LogP contribution in [0.2, 0.25) is 0 Å². The highest BCUT2D eigenvalue weighted by Gasteiger charge is 2.23. The average molecular weight is 1020 g/mol. The Kier molecular flexibility index (Phi) is 50.9. The summed E-state index contributed by atoms with van der Waals surface area (Å²) in [6, 6.07) is -0.906. The number of amides is 1. The maximum absolute atomic E-state index is 12.9. The summed E-state index contributed by atoms with van der Waals surface area (Å²) in [4.78, 5) is 25.4. The van der Waals surface area contributed by atoms with Gasteiger partial charge in [0.1, 0.15) is 13.2 Å². The number of allylic oxidation sites excluding steroid dienone is 17. The summed E-state index contributed by atoms with van der Waals surface area (Å²) < 4.78 is 23.2. The van der Waals surface area contributed by atoms with Crippen molar-refractivity contribution < 1.29 is 32.9 Å². The highest BCUT2D eigenvalue weighted by Crippen LogP contribution is 2.38. The Labute approximate surface area is 444 Å². The maximum Gasteiger partial charge on any atom is 0.268 e. The first kappa shape index (κ1) is 69.2. The van der Waals surface area contributed by atoms with Crippen molar-refractivity contribution in [3.8, 4) is 0 Å². The second-order valence-electron chi connectivity index (χ2n) is 20.6. The number of carbonyl (C=O) groups is 1. The molecule has 0 aliphatic heterocycles. The third kappa shape index (κ3) is 54.9. The molecule has 0 aliphatic rings. The number of likely N-dealkylation sites (N-methyl/N-ethyl adjacent to an activating group) is 1. The number of rotatable bonds is 52. The Balaban J connectivity index is 3.97. The molecule has 0 radical (unpaired) electrons. The zero-order valence-corrected chi connectivity index (χ0v) is 48.0. The molecule has 0 aromatic carbocycles. The molecule has 3 atom stereocenters. The van der Waals surface area contributed by atoms with Gasteiger partial charge in [-0.2, -0.15) is 0 Å². The van der Waals surface area contributed by atoms with Gasteiger partial charge in [0.25, 0.3) is 7.82 Å². The van der Waals surface area contributed by atoms with E-state index in [0.717, 1.165) is 83.5 Å². The summed E-state index contributed by atoms with van der Waals surface area (Å²) >= 11 is 0. The van der Waals surface area contributed by atoms with Gasteiger partial charge < -0.3 is 28.8 Å². The lowest BCUT2D eigenvalue weighted by molar-refractivity contribution is -0.870. The van der Waals surface area contributed by atoms with Gasteiger partial charge in [-0.3, -0.25) is 9.36 Å². The van der Waals surface area contributed by atoms with Gasteiger partial charge in [-0.25, -0.2) is 0 Å². The number of aliphatic hydroxyl groups is 1. The maximum atomic E-state index is 12.9. The molecule has 0 saturated carbocycles. The van der Waals surface area contributed by atoms with E-state index in [2.05, 4.69) is 116 Å². The van der Waals surface area contributed by atoms with Gasteiger partial charge in [0.15, 0.2) is 0 Å². The Morgan fingerprint density at radius 1 is 0.500 bits per heavy atom. The minimum absolute atomic E-state index is 0.00955. The van der Waals surface area contributed by atoms with Crippen LogP contribution in [0.3, 0.4) is 0 Å². The second-order valence-corrected chi connectivity index (χ2v) is 22.0. The lowest BCUT2D eigenvalue weighted by Gasteiger charge is -2.29.